The predicted molar refractivity (Wildman–Crippen MR) is 52.0 cm³/mol. The van der Waals surface area contributed by atoms with Gasteiger partial charge >= 0.3 is 0 Å². The van der Waals surface area contributed by atoms with Gasteiger partial charge in [0, 0.05) is 0 Å². The van der Waals surface area contributed by atoms with Gasteiger partial charge in [0.15, 0.2) is 0 Å². The van der Waals surface area contributed by atoms with Gasteiger partial charge in [0.2, 0.25) is 10.0 Å². The number of sulfonamides is 1. The average molecular weight is 221 g/mol. The maximum absolute atomic E-state index is 11.4. The zero-order chi connectivity index (χ0) is 11.3. The second-order valence-corrected chi connectivity index (χ2v) is 4.39. The Labute approximate surface area is 87.6 Å². The van der Waals surface area contributed by atoms with E-state index in [4.69, 9.17) is 10.5 Å². The second kappa shape index (κ2) is 4.56. The van der Waals surface area contributed by atoms with Gasteiger partial charge in [-0.2, -0.15) is 15.2 Å². The lowest BCUT2D eigenvalue weighted by Gasteiger charge is -2.02. The van der Waals surface area contributed by atoms with Gasteiger partial charge in [0.25, 0.3) is 0 Å². The van der Waals surface area contributed by atoms with E-state index in [1.165, 1.54) is 24.3 Å². The van der Waals surface area contributed by atoms with E-state index in [1.807, 2.05) is 6.07 Å². The first-order valence-corrected chi connectivity index (χ1v) is 5.45. The first-order valence-electron chi connectivity index (χ1n) is 3.97. The highest BCUT2D eigenvalue weighted by atomic mass is 32.2. The molecule has 0 aromatic heterocycles. The van der Waals surface area contributed by atoms with Crippen molar-refractivity contribution in [1.29, 1.82) is 10.5 Å². The second-order valence-electron chi connectivity index (χ2n) is 2.62. The first-order chi connectivity index (χ1) is 7.10. The number of nitriles is 2. The summed E-state index contributed by atoms with van der Waals surface area (Å²) in [4.78, 5) is 0.0387. The third-order valence-corrected chi connectivity index (χ3v) is 3.05. The Hall–Kier alpha value is -1.89. The molecule has 0 heterocycles. The number of hydrogen-bond acceptors (Lipinski definition) is 4. The fourth-order valence-electron chi connectivity index (χ4n) is 0.919. The Kier molecular flexibility index (Phi) is 3.40. The molecule has 6 heteroatoms. The molecule has 0 unspecified atom stereocenters. The van der Waals surface area contributed by atoms with E-state index in [0.717, 1.165) is 0 Å². The SMILES string of the molecule is N#CCNS(=O)(=O)c1ccc(C#N)cc1. The maximum atomic E-state index is 11.4. The molecule has 0 fully saturated rings. The van der Waals surface area contributed by atoms with E-state index in [1.54, 1.807) is 6.07 Å². The van der Waals surface area contributed by atoms with Crippen LogP contribution in [0.15, 0.2) is 29.2 Å². The molecule has 0 radical (unpaired) electrons. The minimum atomic E-state index is -3.63. The highest BCUT2D eigenvalue weighted by molar-refractivity contribution is 7.89. The summed E-state index contributed by atoms with van der Waals surface area (Å²) in [7, 11) is -3.63. The summed E-state index contributed by atoms with van der Waals surface area (Å²) in [6.45, 7) is -0.275. The van der Waals surface area contributed by atoms with Crippen LogP contribution >= 0.6 is 0 Å². The summed E-state index contributed by atoms with van der Waals surface area (Å²) in [6.07, 6.45) is 0. The molecule has 76 valence electrons. The van der Waals surface area contributed by atoms with E-state index >= 15 is 0 Å². The van der Waals surface area contributed by atoms with E-state index < -0.39 is 10.0 Å². The summed E-state index contributed by atoms with van der Waals surface area (Å²) in [5.74, 6) is 0. The summed E-state index contributed by atoms with van der Waals surface area (Å²) in [6, 6.07) is 9.00. The van der Waals surface area contributed by atoms with E-state index in [0.29, 0.717) is 5.56 Å². The Bertz CT molecular complexity index is 520. The lowest BCUT2D eigenvalue weighted by Crippen LogP contribution is -2.23. The normalized spacial score (nSPS) is 10.3. The maximum Gasteiger partial charge on any atom is 0.241 e. The lowest BCUT2D eigenvalue weighted by atomic mass is 10.2. The summed E-state index contributed by atoms with van der Waals surface area (Å²) in [5.41, 5.74) is 0.384. The molecular formula is C9H7N3O2S. The zero-order valence-corrected chi connectivity index (χ0v) is 8.45. The van der Waals surface area contributed by atoms with Crippen LogP contribution in [0.3, 0.4) is 0 Å². The smallest absolute Gasteiger partial charge is 0.207 e. The van der Waals surface area contributed by atoms with Crippen LogP contribution in [0.5, 0.6) is 0 Å². The molecular weight excluding hydrogens is 214 g/mol. The van der Waals surface area contributed by atoms with Crippen molar-refractivity contribution in [2.24, 2.45) is 0 Å². The molecule has 0 saturated heterocycles. The molecule has 1 aromatic rings. The van der Waals surface area contributed by atoms with E-state index in [9.17, 15) is 8.42 Å². The third-order valence-electron chi connectivity index (χ3n) is 1.63. The highest BCUT2D eigenvalue weighted by Crippen LogP contribution is 2.09. The number of benzene rings is 1. The van der Waals surface area contributed by atoms with Gasteiger partial charge in [0.05, 0.1) is 29.1 Å². The summed E-state index contributed by atoms with van der Waals surface area (Å²) < 4.78 is 25.0. The Morgan fingerprint density at radius 2 is 1.80 bits per heavy atom. The van der Waals surface area contributed by atoms with Gasteiger partial charge in [0.1, 0.15) is 0 Å². The van der Waals surface area contributed by atoms with Crippen LogP contribution in [-0.4, -0.2) is 15.0 Å². The van der Waals surface area contributed by atoms with Crippen molar-refractivity contribution in [3.63, 3.8) is 0 Å². The fraction of sp³-hybridized carbons (Fsp3) is 0.111. The lowest BCUT2D eigenvalue weighted by molar-refractivity contribution is 0.586. The van der Waals surface area contributed by atoms with Crippen molar-refractivity contribution in [2.45, 2.75) is 4.90 Å². The third kappa shape index (κ3) is 2.78. The van der Waals surface area contributed by atoms with Crippen molar-refractivity contribution < 1.29 is 8.42 Å². The zero-order valence-electron chi connectivity index (χ0n) is 7.64. The monoisotopic (exact) mass is 221 g/mol. The summed E-state index contributed by atoms with van der Waals surface area (Å²) in [5, 5.41) is 16.8. The topological polar surface area (TPSA) is 93.8 Å². The Morgan fingerprint density at radius 3 is 2.27 bits per heavy atom. The Balaban J connectivity index is 2.98. The minimum absolute atomic E-state index is 0.0387. The number of nitrogens with zero attached hydrogens (tertiary/aromatic N) is 2. The molecule has 15 heavy (non-hydrogen) atoms. The van der Waals surface area contributed by atoms with E-state index in [-0.39, 0.29) is 11.4 Å². The predicted octanol–water partition coefficient (Wildman–Crippen LogP) is 0.360. The molecule has 0 spiro atoms. The van der Waals surface area contributed by atoms with Crippen molar-refractivity contribution >= 4 is 10.0 Å². The van der Waals surface area contributed by atoms with Crippen LogP contribution in [0.25, 0.3) is 0 Å². The van der Waals surface area contributed by atoms with Gasteiger partial charge in [-0.15, -0.1) is 0 Å². The highest BCUT2D eigenvalue weighted by Gasteiger charge is 2.12. The number of hydrogen-bond donors (Lipinski definition) is 1. The van der Waals surface area contributed by atoms with Crippen molar-refractivity contribution in [3.05, 3.63) is 29.8 Å². The van der Waals surface area contributed by atoms with Gasteiger partial charge < -0.3 is 0 Å². The van der Waals surface area contributed by atoms with Crippen molar-refractivity contribution in [2.75, 3.05) is 6.54 Å². The average Bonchev–Trinajstić information content (AvgIpc) is 2.26. The standard InChI is InChI=1S/C9H7N3O2S/c10-5-6-12-15(13,14)9-3-1-8(7-11)2-4-9/h1-4,12H,6H2. The quantitative estimate of drug-likeness (QED) is 0.745. The molecule has 0 saturated carbocycles. The number of rotatable bonds is 3. The molecule has 0 aliphatic rings. The molecule has 1 N–H and O–H groups in total. The van der Waals surface area contributed by atoms with Crippen molar-refractivity contribution in [3.8, 4) is 12.1 Å². The largest absolute Gasteiger partial charge is 0.241 e. The van der Waals surface area contributed by atoms with Crippen LogP contribution in [-0.2, 0) is 10.0 Å². The molecule has 1 rings (SSSR count). The first kappa shape index (κ1) is 11.2. The minimum Gasteiger partial charge on any atom is -0.207 e. The number of nitrogens with one attached hydrogen (secondary N) is 1. The van der Waals surface area contributed by atoms with Gasteiger partial charge in [-0.05, 0) is 24.3 Å². The van der Waals surface area contributed by atoms with Crippen LogP contribution in [0.1, 0.15) is 5.56 Å². The van der Waals surface area contributed by atoms with Crippen LogP contribution < -0.4 is 4.72 Å². The van der Waals surface area contributed by atoms with Crippen LogP contribution in [0.4, 0.5) is 0 Å². The molecule has 5 nitrogen and oxygen atoms in total. The fourth-order valence-corrected chi connectivity index (χ4v) is 1.83. The van der Waals surface area contributed by atoms with Gasteiger partial charge in [-0.3, -0.25) is 0 Å². The molecule has 1 aromatic carbocycles. The van der Waals surface area contributed by atoms with Gasteiger partial charge in [-0.1, -0.05) is 0 Å². The van der Waals surface area contributed by atoms with Gasteiger partial charge in [-0.25, -0.2) is 8.42 Å². The molecule has 0 atom stereocenters. The summed E-state index contributed by atoms with van der Waals surface area (Å²) >= 11 is 0. The molecule has 0 amide bonds. The molecule has 0 aliphatic carbocycles. The molecule has 0 aliphatic heterocycles. The van der Waals surface area contributed by atoms with Crippen molar-refractivity contribution in [1.82, 2.24) is 4.72 Å². The Morgan fingerprint density at radius 1 is 1.20 bits per heavy atom. The van der Waals surface area contributed by atoms with Crippen LogP contribution in [0.2, 0.25) is 0 Å². The van der Waals surface area contributed by atoms with E-state index in [2.05, 4.69) is 4.72 Å². The molecule has 0 bridgehead atoms. The van der Waals surface area contributed by atoms with Crippen LogP contribution in [0, 0.1) is 22.7 Å².